The zero-order valence-corrected chi connectivity index (χ0v) is 29.1. The molecule has 5 aromatic rings. The van der Waals surface area contributed by atoms with E-state index in [0.717, 1.165) is 40.0 Å². The van der Waals surface area contributed by atoms with Crippen LogP contribution in [0.25, 0.3) is 22.3 Å². The van der Waals surface area contributed by atoms with Gasteiger partial charge in [-0.05, 0) is 114 Å². The second-order valence-electron chi connectivity index (χ2n) is 12.9. The molecule has 1 aliphatic rings. The van der Waals surface area contributed by atoms with E-state index in [1.54, 1.807) is 24.3 Å². The second kappa shape index (κ2) is 14.7. The highest BCUT2D eigenvalue weighted by atomic mass is 32.2. The minimum absolute atomic E-state index is 0.157. The van der Waals surface area contributed by atoms with Crippen molar-refractivity contribution < 1.29 is 27.3 Å². The highest BCUT2D eigenvalue weighted by molar-refractivity contribution is 7.85. The van der Waals surface area contributed by atoms with Crippen LogP contribution in [0.2, 0.25) is 0 Å². The fourth-order valence-electron chi connectivity index (χ4n) is 6.64. The third-order valence-electron chi connectivity index (χ3n) is 9.07. The van der Waals surface area contributed by atoms with E-state index in [9.17, 15) is 18.0 Å². The van der Waals surface area contributed by atoms with E-state index in [1.807, 2.05) is 60.7 Å². The lowest BCUT2D eigenvalue weighted by atomic mass is 9.89. The van der Waals surface area contributed by atoms with E-state index in [-0.39, 0.29) is 12.5 Å². The van der Waals surface area contributed by atoms with Gasteiger partial charge in [-0.25, -0.2) is 0 Å². The van der Waals surface area contributed by atoms with Gasteiger partial charge in [0.2, 0.25) is 5.91 Å². The average molecular weight is 689 g/mol. The Kier molecular flexibility index (Phi) is 10.2. The van der Waals surface area contributed by atoms with Crippen molar-refractivity contribution in [2.45, 2.75) is 39.5 Å². The lowest BCUT2D eigenvalue weighted by Crippen LogP contribution is -2.28. The van der Waals surface area contributed by atoms with Gasteiger partial charge in [0.05, 0.1) is 18.3 Å². The summed E-state index contributed by atoms with van der Waals surface area (Å²) in [4.78, 5) is 26.5. The molecule has 0 fully saturated rings. The Hall–Kier alpha value is -5.25. The summed E-state index contributed by atoms with van der Waals surface area (Å²) < 4.78 is 36.6. The predicted octanol–water partition coefficient (Wildman–Crippen LogP) is 7.46. The number of aryl methyl sites for hydroxylation is 3. The quantitative estimate of drug-likeness (QED) is 0.124. The van der Waals surface area contributed by atoms with Crippen molar-refractivity contribution in [3.8, 4) is 28.0 Å². The fraction of sp³-hybridized carbons (Fsp3) is 0.220. The molecule has 1 heterocycles. The third kappa shape index (κ3) is 8.30. The van der Waals surface area contributed by atoms with Gasteiger partial charge in [0.1, 0.15) is 5.75 Å². The lowest BCUT2D eigenvalue weighted by molar-refractivity contribution is -0.117. The van der Waals surface area contributed by atoms with Crippen molar-refractivity contribution in [2.24, 2.45) is 0 Å². The average Bonchev–Trinajstić information content (AvgIpc) is 3.55. The number of carbonyl (C=O) groups excluding carboxylic acids is 2. The number of hydrogen-bond donors (Lipinski definition) is 3. The van der Waals surface area contributed by atoms with Crippen molar-refractivity contribution in [2.75, 3.05) is 24.2 Å². The first-order valence-corrected chi connectivity index (χ1v) is 18.2. The Labute approximate surface area is 293 Å². The number of nitrogens with one attached hydrogen (secondary N) is 2. The van der Waals surface area contributed by atoms with Gasteiger partial charge in [-0.2, -0.15) is 8.42 Å². The summed E-state index contributed by atoms with van der Waals surface area (Å²) in [7, 11) is -4.18. The smallest absolute Gasteiger partial charge is 0.266 e. The summed E-state index contributed by atoms with van der Waals surface area (Å²) >= 11 is 0. The molecule has 50 heavy (non-hydrogen) atoms. The van der Waals surface area contributed by atoms with Gasteiger partial charge in [0.15, 0.2) is 0 Å². The molecule has 5 aromatic carbocycles. The second-order valence-corrected chi connectivity index (χ2v) is 14.5. The molecule has 0 saturated carbocycles. The molecule has 1 atom stereocenters. The van der Waals surface area contributed by atoms with Crippen molar-refractivity contribution in [1.82, 2.24) is 5.32 Å². The van der Waals surface area contributed by atoms with Crippen LogP contribution in [0.15, 0.2) is 103 Å². The van der Waals surface area contributed by atoms with E-state index in [2.05, 4.69) is 49.6 Å². The molecule has 0 saturated heterocycles. The van der Waals surface area contributed by atoms with Gasteiger partial charge >= 0.3 is 0 Å². The number of rotatable bonds is 11. The highest BCUT2D eigenvalue weighted by Crippen LogP contribution is 2.33. The summed E-state index contributed by atoms with van der Waals surface area (Å²) in [6.45, 7) is 6.81. The molecule has 0 radical (unpaired) electrons. The Morgan fingerprint density at radius 1 is 0.800 bits per heavy atom. The number of hydrogen-bond acceptors (Lipinski definition) is 5. The molecule has 0 aromatic heterocycles. The zero-order valence-electron chi connectivity index (χ0n) is 28.3. The number of fused-ring (bicyclic) bond motifs is 1. The molecule has 9 heteroatoms. The molecule has 0 aliphatic carbocycles. The Bertz CT molecular complexity index is 2120. The molecule has 0 bridgehead atoms. The van der Waals surface area contributed by atoms with Crippen molar-refractivity contribution >= 4 is 27.6 Å². The monoisotopic (exact) mass is 688 g/mol. The van der Waals surface area contributed by atoms with Crippen LogP contribution in [0, 0.1) is 20.8 Å². The SMILES string of the molecule is Cc1cc(C)c(-c2ccc(NC(=O)C(Cc3ccc(C(=O)NCCS(=O)(=O)O)cc3)c3ccc(-c4ccc5c(c4)CCO5)cc3)cc2)c(C)c1. The van der Waals surface area contributed by atoms with Gasteiger partial charge in [0.25, 0.3) is 16.0 Å². The standard InChI is InChI=1S/C41H40N2O6S/c1-26-22-27(2)39(28(3)23-26)32-12-15-36(16-13-32)43-41(45)37(24-29-4-6-33(7-5-29)40(44)42-19-21-50(46,47)48)31-10-8-30(9-11-31)34-14-17-38-35(25-34)18-20-49-38/h4-17,22-23,25,37H,18-21,24H2,1-3H3,(H,42,44)(H,43,45)(H,46,47,48). The van der Waals surface area contributed by atoms with Gasteiger partial charge in [-0.15, -0.1) is 0 Å². The molecule has 8 nitrogen and oxygen atoms in total. The van der Waals surface area contributed by atoms with Crippen LogP contribution in [0.5, 0.6) is 5.75 Å². The number of anilines is 1. The summed E-state index contributed by atoms with van der Waals surface area (Å²) in [6, 6.07) is 33.4. The van der Waals surface area contributed by atoms with E-state index in [1.165, 1.54) is 27.8 Å². The molecular formula is C41H40N2O6S. The molecule has 256 valence electrons. The van der Waals surface area contributed by atoms with Gasteiger partial charge in [-0.1, -0.05) is 72.3 Å². The minimum atomic E-state index is -4.18. The Balaban J connectivity index is 1.23. The maximum absolute atomic E-state index is 14.0. The van der Waals surface area contributed by atoms with Gasteiger partial charge in [0, 0.05) is 24.2 Å². The summed E-state index contributed by atoms with van der Waals surface area (Å²) in [5.41, 5.74) is 12.0. The predicted molar refractivity (Wildman–Crippen MR) is 197 cm³/mol. The molecule has 1 unspecified atom stereocenters. The maximum Gasteiger partial charge on any atom is 0.266 e. The number of carbonyl (C=O) groups is 2. The van der Waals surface area contributed by atoms with Crippen LogP contribution in [-0.2, 0) is 27.8 Å². The van der Waals surface area contributed by atoms with E-state index in [4.69, 9.17) is 9.29 Å². The number of amides is 2. The maximum atomic E-state index is 14.0. The topological polar surface area (TPSA) is 122 Å². The van der Waals surface area contributed by atoms with Crippen molar-refractivity contribution in [3.05, 3.63) is 142 Å². The fourth-order valence-corrected chi connectivity index (χ4v) is 7.00. The minimum Gasteiger partial charge on any atom is -0.493 e. The number of benzene rings is 5. The Morgan fingerprint density at radius 2 is 1.44 bits per heavy atom. The molecule has 6 rings (SSSR count). The van der Waals surface area contributed by atoms with Crippen LogP contribution < -0.4 is 15.4 Å². The van der Waals surface area contributed by atoms with Gasteiger partial charge < -0.3 is 15.4 Å². The Morgan fingerprint density at radius 3 is 2.10 bits per heavy atom. The molecule has 1 aliphatic heterocycles. The molecule has 0 spiro atoms. The first-order chi connectivity index (χ1) is 23.9. The van der Waals surface area contributed by atoms with Crippen LogP contribution >= 0.6 is 0 Å². The van der Waals surface area contributed by atoms with Crippen molar-refractivity contribution in [1.29, 1.82) is 0 Å². The van der Waals surface area contributed by atoms with E-state index < -0.39 is 27.7 Å². The third-order valence-corrected chi connectivity index (χ3v) is 9.79. The van der Waals surface area contributed by atoms with E-state index in [0.29, 0.717) is 24.3 Å². The normalized spacial score (nSPS) is 12.9. The first kappa shape index (κ1) is 34.6. The highest BCUT2D eigenvalue weighted by Gasteiger charge is 2.23. The zero-order chi connectivity index (χ0) is 35.4. The van der Waals surface area contributed by atoms with Crippen LogP contribution in [0.1, 0.15) is 49.7 Å². The van der Waals surface area contributed by atoms with Gasteiger partial charge in [-0.3, -0.25) is 14.1 Å². The van der Waals surface area contributed by atoms with Crippen molar-refractivity contribution in [3.63, 3.8) is 0 Å². The number of ether oxygens (including phenoxy) is 1. The van der Waals surface area contributed by atoms with Crippen LogP contribution in [0.4, 0.5) is 5.69 Å². The van der Waals surface area contributed by atoms with E-state index >= 15 is 0 Å². The summed E-state index contributed by atoms with van der Waals surface area (Å²) in [5.74, 6) is -0.784. The lowest BCUT2D eigenvalue weighted by Gasteiger charge is -2.19. The summed E-state index contributed by atoms with van der Waals surface area (Å²) in [6.07, 6.45) is 1.27. The van der Waals surface area contributed by atoms with Crippen LogP contribution in [0.3, 0.4) is 0 Å². The molecule has 2 amide bonds. The molecule has 3 N–H and O–H groups in total. The van der Waals surface area contributed by atoms with Crippen LogP contribution in [-0.4, -0.2) is 43.7 Å². The summed E-state index contributed by atoms with van der Waals surface area (Å²) in [5, 5.41) is 5.62. The largest absolute Gasteiger partial charge is 0.493 e. The first-order valence-electron chi connectivity index (χ1n) is 16.6. The molecular weight excluding hydrogens is 649 g/mol.